The number of carbonyl (C=O) groups excluding carboxylic acids is 1. The van der Waals surface area contributed by atoms with E-state index in [1.165, 1.54) is 11.5 Å². The highest BCUT2D eigenvalue weighted by Crippen LogP contribution is 2.39. The molecule has 0 spiro atoms. The quantitative estimate of drug-likeness (QED) is 0.862. The second-order valence-electron chi connectivity index (χ2n) is 5.34. The molecular weight excluding hydrogens is 300 g/mol. The van der Waals surface area contributed by atoms with E-state index in [-0.39, 0.29) is 23.5 Å². The summed E-state index contributed by atoms with van der Waals surface area (Å²) in [5.74, 6) is 1.68. The highest BCUT2D eigenvalue weighted by molar-refractivity contribution is 7.91. The Morgan fingerprint density at radius 2 is 2.15 bits per heavy atom. The van der Waals surface area contributed by atoms with E-state index in [9.17, 15) is 13.2 Å². The van der Waals surface area contributed by atoms with Crippen LogP contribution in [0.5, 0.6) is 0 Å². The van der Waals surface area contributed by atoms with Crippen molar-refractivity contribution in [3.63, 3.8) is 0 Å². The van der Waals surface area contributed by atoms with Crippen molar-refractivity contribution in [3.05, 3.63) is 5.82 Å². The van der Waals surface area contributed by atoms with Crippen molar-refractivity contribution in [1.29, 1.82) is 0 Å². The number of carbonyl (C=O) groups is 1. The number of nitrogens with one attached hydrogen (secondary N) is 2. The molecule has 9 heteroatoms. The van der Waals surface area contributed by atoms with Gasteiger partial charge in [0.05, 0.1) is 11.5 Å². The third-order valence-electron chi connectivity index (χ3n) is 3.48. The minimum atomic E-state index is -2.89. The summed E-state index contributed by atoms with van der Waals surface area (Å²) in [4.78, 5) is 15.9. The smallest absolute Gasteiger partial charge is 0.321 e. The van der Waals surface area contributed by atoms with Gasteiger partial charge in [-0.15, -0.1) is 0 Å². The van der Waals surface area contributed by atoms with Crippen LogP contribution in [0.3, 0.4) is 0 Å². The van der Waals surface area contributed by atoms with Gasteiger partial charge in [-0.25, -0.2) is 18.2 Å². The Morgan fingerprint density at radius 1 is 1.35 bits per heavy atom. The molecule has 1 saturated carbocycles. The summed E-state index contributed by atoms with van der Waals surface area (Å²) in [7, 11) is -2.89. The van der Waals surface area contributed by atoms with E-state index in [0.29, 0.717) is 24.0 Å². The van der Waals surface area contributed by atoms with Crippen LogP contribution in [0.1, 0.15) is 31.0 Å². The Bertz CT molecular complexity index is 609. The third-order valence-corrected chi connectivity index (χ3v) is 5.96. The molecule has 1 aliphatic carbocycles. The number of sulfone groups is 1. The average molecular weight is 316 g/mol. The van der Waals surface area contributed by atoms with Crippen molar-refractivity contribution in [1.82, 2.24) is 14.7 Å². The molecule has 2 heterocycles. The summed E-state index contributed by atoms with van der Waals surface area (Å²) < 4.78 is 26.8. The number of amides is 2. The first-order valence-corrected chi connectivity index (χ1v) is 9.20. The predicted molar refractivity (Wildman–Crippen MR) is 75.7 cm³/mol. The van der Waals surface area contributed by atoms with Gasteiger partial charge in [-0.3, -0.25) is 5.32 Å². The number of hydrogen-bond acceptors (Lipinski definition) is 6. The zero-order valence-electron chi connectivity index (χ0n) is 10.8. The van der Waals surface area contributed by atoms with Gasteiger partial charge in [-0.05, 0) is 25.2 Å². The SMILES string of the molecule is O=C(NCC1CCS(=O)(=O)C1)Nc1nc(C2CC2)ns1. The Hall–Kier alpha value is -1.22. The topological polar surface area (TPSA) is 101 Å². The average Bonchev–Trinajstić information content (AvgIpc) is 3.04. The van der Waals surface area contributed by atoms with Crippen LogP contribution >= 0.6 is 11.5 Å². The lowest BCUT2D eigenvalue weighted by molar-refractivity contribution is 0.250. The van der Waals surface area contributed by atoms with Gasteiger partial charge in [0.25, 0.3) is 0 Å². The molecule has 1 aromatic heterocycles. The van der Waals surface area contributed by atoms with Gasteiger partial charge >= 0.3 is 6.03 Å². The summed E-state index contributed by atoms with van der Waals surface area (Å²) in [5.41, 5.74) is 0. The van der Waals surface area contributed by atoms with Crippen LogP contribution in [0.25, 0.3) is 0 Å². The summed E-state index contributed by atoms with van der Waals surface area (Å²) in [6.07, 6.45) is 2.87. The van der Waals surface area contributed by atoms with Crippen LogP contribution in [0.4, 0.5) is 9.93 Å². The van der Waals surface area contributed by atoms with Gasteiger partial charge in [0, 0.05) is 24.0 Å². The standard InChI is InChI=1S/C11H16N4O3S2/c16-10(12-5-7-3-4-20(17,18)6-7)14-11-13-9(15-19-11)8-1-2-8/h7-8H,1-6H2,(H2,12,13,14,15,16). The van der Waals surface area contributed by atoms with E-state index < -0.39 is 9.84 Å². The van der Waals surface area contributed by atoms with Gasteiger partial charge in [0.2, 0.25) is 5.13 Å². The largest absolute Gasteiger partial charge is 0.337 e. The predicted octanol–water partition coefficient (Wildman–Crippen LogP) is 0.972. The van der Waals surface area contributed by atoms with E-state index in [2.05, 4.69) is 20.0 Å². The van der Waals surface area contributed by atoms with E-state index in [1.807, 2.05) is 0 Å². The van der Waals surface area contributed by atoms with E-state index in [4.69, 9.17) is 0 Å². The molecule has 7 nitrogen and oxygen atoms in total. The second-order valence-corrected chi connectivity index (χ2v) is 8.32. The lowest BCUT2D eigenvalue weighted by Gasteiger charge is -2.09. The van der Waals surface area contributed by atoms with Gasteiger partial charge in [-0.2, -0.15) is 4.37 Å². The molecule has 20 heavy (non-hydrogen) atoms. The number of aromatic nitrogens is 2. The zero-order valence-corrected chi connectivity index (χ0v) is 12.5. The maximum atomic E-state index is 11.7. The van der Waals surface area contributed by atoms with Crippen molar-refractivity contribution >= 4 is 32.5 Å². The summed E-state index contributed by atoms with van der Waals surface area (Å²) in [6.45, 7) is 0.374. The zero-order chi connectivity index (χ0) is 14.2. The molecular formula is C11H16N4O3S2. The van der Waals surface area contributed by atoms with E-state index >= 15 is 0 Å². The highest BCUT2D eigenvalue weighted by atomic mass is 32.2. The van der Waals surface area contributed by atoms with Gasteiger partial charge in [0.15, 0.2) is 9.84 Å². The molecule has 1 saturated heterocycles. The number of rotatable bonds is 4. The minimum absolute atomic E-state index is 0.0159. The van der Waals surface area contributed by atoms with E-state index in [0.717, 1.165) is 18.7 Å². The summed E-state index contributed by atoms with van der Waals surface area (Å²) in [6, 6.07) is -0.354. The molecule has 0 aromatic carbocycles. The van der Waals surface area contributed by atoms with Crippen LogP contribution in [-0.4, -0.2) is 41.9 Å². The molecule has 0 bridgehead atoms. The molecule has 1 atom stereocenters. The normalized spacial score (nSPS) is 24.5. The molecule has 2 aliphatic rings. The molecule has 1 aromatic rings. The van der Waals surface area contributed by atoms with Gasteiger partial charge < -0.3 is 5.32 Å². The van der Waals surface area contributed by atoms with Crippen LogP contribution in [0, 0.1) is 5.92 Å². The molecule has 2 fully saturated rings. The van der Waals surface area contributed by atoms with Crippen molar-refractivity contribution < 1.29 is 13.2 Å². The highest BCUT2D eigenvalue weighted by Gasteiger charge is 2.29. The Kier molecular flexibility index (Phi) is 3.63. The Labute approximate surface area is 121 Å². The molecule has 2 N–H and O–H groups in total. The molecule has 2 amide bonds. The fraction of sp³-hybridized carbons (Fsp3) is 0.727. The Morgan fingerprint density at radius 3 is 2.80 bits per heavy atom. The molecule has 1 aliphatic heterocycles. The number of anilines is 1. The molecule has 0 radical (unpaired) electrons. The fourth-order valence-electron chi connectivity index (χ4n) is 2.20. The van der Waals surface area contributed by atoms with E-state index in [1.54, 1.807) is 0 Å². The van der Waals surface area contributed by atoms with Crippen molar-refractivity contribution in [2.45, 2.75) is 25.2 Å². The third kappa shape index (κ3) is 3.45. The van der Waals surface area contributed by atoms with Gasteiger partial charge in [0.1, 0.15) is 5.82 Å². The summed E-state index contributed by atoms with van der Waals surface area (Å²) in [5, 5.41) is 5.81. The first-order valence-electron chi connectivity index (χ1n) is 6.61. The molecule has 110 valence electrons. The lowest BCUT2D eigenvalue weighted by Crippen LogP contribution is -2.33. The van der Waals surface area contributed by atoms with Crippen LogP contribution in [-0.2, 0) is 9.84 Å². The number of nitrogens with zero attached hydrogens (tertiary/aromatic N) is 2. The van der Waals surface area contributed by atoms with Gasteiger partial charge in [-0.1, -0.05) is 0 Å². The van der Waals surface area contributed by atoms with Crippen molar-refractivity contribution in [2.75, 3.05) is 23.4 Å². The lowest BCUT2D eigenvalue weighted by atomic mass is 10.1. The Balaban J connectivity index is 1.45. The van der Waals surface area contributed by atoms with Crippen LogP contribution < -0.4 is 10.6 Å². The second kappa shape index (κ2) is 5.28. The first-order chi connectivity index (χ1) is 9.52. The maximum absolute atomic E-state index is 11.7. The monoisotopic (exact) mass is 316 g/mol. The van der Waals surface area contributed by atoms with Crippen LogP contribution in [0.2, 0.25) is 0 Å². The molecule has 3 rings (SSSR count). The fourth-order valence-corrected chi connectivity index (χ4v) is 4.71. The van der Waals surface area contributed by atoms with Crippen molar-refractivity contribution in [3.8, 4) is 0 Å². The number of urea groups is 1. The minimum Gasteiger partial charge on any atom is -0.337 e. The first kappa shape index (κ1) is 13.7. The summed E-state index contributed by atoms with van der Waals surface area (Å²) >= 11 is 1.18. The van der Waals surface area contributed by atoms with Crippen LogP contribution in [0.15, 0.2) is 0 Å². The number of hydrogen-bond donors (Lipinski definition) is 2. The van der Waals surface area contributed by atoms with Crippen molar-refractivity contribution in [2.24, 2.45) is 5.92 Å². The molecule has 1 unspecified atom stereocenters. The maximum Gasteiger partial charge on any atom is 0.321 e.